The summed E-state index contributed by atoms with van der Waals surface area (Å²) in [6.07, 6.45) is 2.47. The van der Waals surface area contributed by atoms with E-state index in [4.69, 9.17) is 0 Å². The lowest BCUT2D eigenvalue weighted by molar-refractivity contribution is 0.362. The molecule has 2 aliphatic heterocycles. The Morgan fingerprint density at radius 3 is 2.19 bits per heavy atom. The van der Waals surface area contributed by atoms with E-state index in [9.17, 15) is 8.42 Å². The van der Waals surface area contributed by atoms with E-state index in [-0.39, 0.29) is 0 Å². The molecule has 0 aliphatic carbocycles. The summed E-state index contributed by atoms with van der Waals surface area (Å²) < 4.78 is 28.7. The molecule has 2 fully saturated rings. The van der Waals surface area contributed by atoms with Crippen LogP contribution in [0.3, 0.4) is 0 Å². The average Bonchev–Trinajstić information content (AvgIpc) is 3.03. The number of nitrogens with one attached hydrogen (secondary N) is 2. The number of nitrogens with zero attached hydrogens (tertiary/aromatic N) is 2. The second-order valence-corrected chi connectivity index (χ2v) is 7.17. The summed E-state index contributed by atoms with van der Waals surface area (Å²) in [5, 5.41) is 3.15. The Bertz CT molecular complexity index is 561. The summed E-state index contributed by atoms with van der Waals surface area (Å²) >= 11 is 0. The summed E-state index contributed by atoms with van der Waals surface area (Å²) in [6.45, 7) is 4.61. The quantitative estimate of drug-likeness (QED) is 0.865. The first-order valence-corrected chi connectivity index (χ1v) is 8.93. The molecule has 2 N–H and O–H groups in total. The van der Waals surface area contributed by atoms with Gasteiger partial charge in [-0.1, -0.05) is 0 Å². The minimum absolute atomic E-state index is 0.515. The van der Waals surface area contributed by atoms with Crippen molar-refractivity contribution in [3.05, 3.63) is 24.3 Å². The number of hydrogen-bond acceptors (Lipinski definition) is 4. The van der Waals surface area contributed by atoms with Crippen LogP contribution in [0.1, 0.15) is 12.8 Å². The van der Waals surface area contributed by atoms with Gasteiger partial charge >= 0.3 is 10.2 Å². The van der Waals surface area contributed by atoms with Crippen molar-refractivity contribution in [3.8, 4) is 0 Å². The maximum absolute atomic E-state index is 12.3. The van der Waals surface area contributed by atoms with E-state index in [1.807, 2.05) is 24.3 Å². The lowest BCUT2D eigenvalue weighted by Crippen LogP contribution is -2.48. The first kappa shape index (κ1) is 14.6. The van der Waals surface area contributed by atoms with Crippen molar-refractivity contribution in [2.45, 2.75) is 12.8 Å². The molecule has 2 aliphatic rings. The standard InChI is InChI=1S/C14H22N4O2S/c19-21(20,18-11-7-15-8-12-18)16-13-3-5-14(6-4-13)17-9-1-2-10-17/h3-6,15-16H,1-2,7-12H2. The van der Waals surface area contributed by atoms with Crippen LogP contribution in [0, 0.1) is 0 Å². The molecule has 1 aromatic rings. The molecule has 2 heterocycles. The summed E-state index contributed by atoms with van der Waals surface area (Å²) in [6, 6.07) is 7.66. The van der Waals surface area contributed by atoms with Crippen LogP contribution >= 0.6 is 0 Å². The van der Waals surface area contributed by atoms with Crippen molar-refractivity contribution in [1.29, 1.82) is 0 Å². The molecule has 0 unspecified atom stereocenters. The van der Waals surface area contributed by atoms with Gasteiger partial charge in [-0.15, -0.1) is 0 Å². The third-order valence-corrected chi connectivity index (χ3v) is 5.54. The van der Waals surface area contributed by atoms with Gasteiger partial charge in [-0.2, -0.15) is 12.7 Å². The monoisotopic (exact) mass is 310 g/mol. The highest BCUT2D eigenvalue weighted by Gasteiger charge is 2.23. The fraction of sp³-hybridized carbons (Fsp3) is 0.571. The number of rotatable bonds is 4. The molecule has 21 heavy (non-hydrogen) atoms. The molecular weight excluding hydrogens is 288 g/mol. The Labute approximate surface area is 126 Å². The Kier molecular flexibility index (Phi) is 4.32. The highest BCUT2D eigenvalue weighted by atomic mass is 32.2. The van der Waals surface area contributed by atoms with Crippen LogP contribution in [0.4, 0.5) is 11.4 Å². The summed E-state index contributed by atoms with van der Waals surface area (Å²) in [5.74, 6) is 0. The van der Waals surface area contributed by atoms with Gasteiger partial charge in [-0.25, -0.2) is 0 Å². The molecule has 0 radical (unpaired) electrons. The maximum atomic E-state index is 12.3. The maximum Gasteiger partial charge on any atom is 0.301 e. The molecule has 0 amide bonds. The Hall–Kier alpha value is -1.31. The van der Waals surface area contributed by atoms with E-state index >= 15 is 0 Å². The minimum Gasteiger partial charge on any atom is -0.372 e. The van der Waals surface area contributed by atoms with Crippen LogP contribution in [0.25, 0.3) is 0 Å². The van der Waals surface area contributed by atoms with Gasteiger partial charge < -0.3 is 10.2 Å². The van der Waals surface area contributed by atoms with Crippen molar-refractivity contribution >= 4 is 21.6 Å². The molecule has 0 aromatic heterocycles. The third-order valence-electron chi connectivity index (χ3n) is 4.00. The second-order valence-electron chi connectivity index (χ2n) is 5.50. The second kappa shape index (κ2) is 6.21. The topological polar surface area (TPSA) is 64.7 Å². The number of benzene rings is 1. The Morgan fingerprint density at radius 1 is 0.952 bits per heavy atom. The van der Waals surface area contributed by atoms with Crippen LogP contribution in [0.15, 0.2) is 24.3 Å². The van der Waals surface area contributed by atoms with E-state index in [0.29, 0.717) is 31.9 Å². The van der Waals surface area contributed by atoms with Crippen molar-refractivity contribution in [2.24, 2.45) is 0 Å². The zero-order chi connectivity index (χ0) is 14.7. The highest BCUT2D eigenvalue weighted by Crippen LogP contribution is 2.22. The van der Waals surface area contributed by atoms with E-state index in [1.165, 1.54) is 17.1 Å². The van der Waals surface area contributed by atoms with Gasteiger partial charge in [-0.05, 0) is 37.1 Å². The van der Waals surface area contributed by atoms with E-state index < -0.39 is 10.2 Å². The number of piperazine rings is 1. The first-order chi connectivity index (χ1) is 10.1. The molecule has 7 heteroatoms. The molecular formula is C14H22N4O2S. The van der Waals surface area contributed by atoms with E-state index in [1.54, 1.807) is 0 Å². The lowest BCUT2D eigenvalue weighted by atomic mass is 10.2. The highest BCUT2D eigenvalue weighted by molar-refractivity contribution is 7.90. The van der Waals surface area contributed by atoms with Crippen LogP contribution in [0.2, 0.25) is 0 Å². The predicted molar refractivity (Wildman–Crippen MR) is 84.9 cm³/mol. The average molecular weight is 310 g/mol. The first-order valence-electron chi connectivity index (χ1n) is 7.49. The number of hydrogen-bond donors (Lipinski definition) is 2. The molecule has 1 aromatic carbocycles. The zero-order valence-electron chi connectivity index (χ0n) is 12.1. The molecule has 116 valence electrons. The lowest BCUT2D eigenvalue weighted by Gasteiger charge is -2.27. The fourth-order valence-electron chi connectivity index (χ4n) is 2.81. The fourth-order valence-corrected chi connectivity index (χ4v) is 4.04. The van der Waals surface area contributed by atoms with Gasteiger partial charge in [0.25, 0.3) is 0 Å². The summed E-state index contributed by atoms with van der Waals surface area (Å²) in [7, 11) is -3.44. The Morgan fingerprint density at radius 2 is 1.57 bits per heavy atom. The normalized spacial score (nSPS) is 20.7. The predicted octanol–water partition coefficient (Wildman–Crippen LogP) is 0.849. The Balaban J connectivity index is 1.66. The van der Waals surface area contributed by atoms with E-state index in [0.717, 1.165) is 18.8 Å². The van der Waals surface area contributed by atoms with Crippen molar-refractivity contribution in [3.63, 3.8) is 0 Å². The molecule has 0 saturated carbocycles. The SMILES string of the molecule is O=S(=O)(Nc1ccc(N2CCCC2)cc1)N1CCNCC1. The largest absolute Gasteiger partial charge is 0.372 e. The van der Waals surface area contributed by atoms with Gasteiger partial charge in [-0.3, -0.25) is 4.72 Å². The van der Waals surface area contributed by atoms with Crippen LogP contribution in [-0.2, 0) is 10.2 Å². The van der Waals surface area contributed by atoms with Crippen molar-refractivity contribution < 1.29 is 8.42 Å². The molecule has 3 rings (SSSR count). The smallest absolute Gasteiger partial charge is 0.301 e. The van der Waals surface area contributed by atoms with Gasteiger partial charge in [0.2, 0.25) is 0 Å². The van der Waals surface area contributed by atoms with Gasteiger partial charge in [0, 0.05) is 50.6 Å². The summed E-state index contributed by atoms with van der Waals surface area (Å²) in [5.41, 5.74) is 1.79. The van der Waals surface area contributed by atoms with Crippen LogP contribution in [-0.4, -0.2) is 52.0 Å². The number of anilines is 2. The third kappa shape index (κ3) is 3.48. The molecule has 0 bridgehead atoms. The molecule has 6 nitrogen and oxygen atoms in total. The zero-order valence-corrected chi connectivity index (χ0v) is 12.9. The van der Waals surface area contributed by atoms with Crippen molar-refractivity contribution in [1.82, 2.24) is 9.62 Å². The van der Waals surface area contributed by atoms with E-state index in [2.05, 4.69) is 14.9 Å². The molecule has 0 atom stereocenters. The summed E-state index contributed by atoms with van der Waals surface area (Å²) in [4.78, 5) is 2.33. The van der Waals surface area contributed by atoms with Gasteiger partial charge in [0.15, 0.2) is 0 Å². The minimum atomic E-state index is -3.44. The van der Waals surface area contributed by atoms with Gasteiger partial charge in [0.1, 0.15) is 0 Å². The van der Waals surface area contributed by atoms with Crippen LogP contribution in [0.5, 0.6) is 0 Å². The molecule has 2 saturated heterocycles. The molecule has 0 spiro atoms. The van der Waals surface area contributed by atoms with Crippen molar-refractivity contribution in [2.75, 3.05) is 48.9 Å². The van der Waals surface area contributed by atoms with Crippen LogP contribution < -0.4 is 14.9 Å². The van der Waals surface area contributed by atoms with Gasteiger partial charge in [0.05, 0.1) is 0 Å².